The van der Waals surface area contributed by atoms with Crippen LogP contribution in [0, 0.1) is 10.1 Å². The van der Waals surface area contributed by atoms with Gasteiger partial charge in [-0.05, 0) is 0 Å². The third-order valence-electron chi connectivity index (χ3n) is 2.72. The third-order valence-corrected chi connectivity index (χ3v) is 2.72. The van der Waals surface area contributed by atoms with Gasteiger partial charge < -0.3 is 24.7 Å². The van der Waals surface area contributed by atoms with Crippen LogP contribution < -0.4 is 5.32 Å². The summed E-state index contributed by atoms with van der Waals surface area (Å²) >= 11 is 0. The molecule has 1 unspecified atom stereocenters. The fourth-order valence-corrected chi connectivity index (χ4v) is 2.04. The average molecular weight is 248 g/mol. The maximum absolute atomic E-state index is 11.0. The lowest BCUT2D eigenvalue weighted by Gasteiger charge is -2.16. The smallest absolute Gasteiger partial charge is 0.294 e. The van der Waals surface area contributed by atoms with Crippen LogP contribution >= 0.6 is 0 Å². The number of ether oxygens (including phenoxy) is 2. The van der Waals surface area contributed by atoms with Crippen LogP contribution in [0.3, 0.4) is 0 Å². The van der Waals surface area contributed by atoms with Crippen molar-refractivity contribution in [1.29, 1.82) is 0 Å². The first-order chi connectivity index (χ1) is 8.11. The molecule has 2 rings (SSSR count). The molecule has 9 nitrogen and oxygen atoms in total. The molecule has 0 aliphatic carbocycles. The lowest BCUT2D eigenvalue weighted by Crippen LogP contribution is -2.45. The minimum absolute atomic E-state index is 0.0435. The molecule has 0 aromatic rings. The molecule has 0 aromatic heterocycles. The van der Waals surface area contributed by atoms with Gasteiger partial charge in [0.1, 0.15) is 18.8 Å². The molecule has 2 N–H and O–H groups in total. The minimum atomic E-state index is -0.889. The molecule has 0 radical (unpaired) electrons. The highest BCUT2D eigenvalue weighted by Crippen LogP contribution is 2.28. The van der Waals surface area contributed by atoms with E-state index in [1.165, 1.54) is 0 Å². The van der Waals surface area contributed by atoms with Gasteiger partial charge in [0.25, 0.3) is 5.09 Å². The zero-order valence-corrected chi connectivity index (χ0v) is 8.77. The number of amides is 1. The number of nitrogens with one attached hydrogen (secondary N) is 1. The van der Waals surface area contributed by atoms with Crippen LogP contribution in [0.5, 0.6) is 0 Å². The van der Waals surface area contributed by atoms with Gasteiger partial charge in [0.15, 0.2) is 6.10 Å². The van der Waals surface area contributed by atoms with Crippen LogP contribution in [0.25, 0.3) is 0 Å². The summed E-state index contributed by atoms with van der Waals surface area (Å²) in [4.78, 5) is 25.6. The topological polar surface area (TPSA) is 120 Å². The van der Waals surface area contributed by atoms with E-state index in [-0.39, 0.29) is 13.2 Å². The molecule has 9 heteroatoms. The molecule has 0 bridgehead atoms. The standard InChI is InChI=1S/C8H12N2O7/c11-1-6(12)9-4-2-15-8-5(17-10(13)14)3-16-7(4)8/h4-5,7-8,11H,1-3H2,(H,9,12)/t4-,5?,7+,8+/m0/s1. The average Bonchev–Trinajstić information content (AvgIpc) is 2.83. The van der Waals surface area contributed by atoms with Crippen molar-refractivity contribution in [3.8, 4) is 0 Å². The van der Waals surface area contributed by atoms with E-state index in [9.17, 15) is 14.9 Å². The Morgan fingerprint density at radius 1 is 1.47 bits per heavy atom. The molecule has 96 valence electrons. The molecule has 4 atom stereocenters. The summed E-state index contributed by atoms with van der Waals surface area (Å²) in [6, 6.07) is -0.417. The summed E-state index contributed by atoms with van der Waals surface area (Å²) in [6.45, 7) is -0.400. The second kappa shape index (κ2) is 4.82. The number of nitrogens with zero attached hydrogens (tertiary/aromatic N) is 1. The summed E-state index contributed by atoms with van der Waals surface area (Å²) in [6.07, 6.45) is -1.81. The van der Waals surface area contributed by atoms with Crippen LogP contribution in [0.1, 0.15) is 0 Å². The van der Waals surface area contributed by atoms with Crippen LogP contribution in [-0.4, -0.2) is 60.3 Å². The number of carbonyl (C=O) groups excluding carboxylic acids is 1. The molecule has 0 aromatic carbocycles. The Labute approximate surface area is 95.7 Å². The van der Waals surface area contributed by atoms with Crippen molar-refractivity contribution in [2.24, 2.45) is 0 Å². The van der Waals surface area contributed by atoms with E-state index in [0.29, 0.717) is 0 Å². The maximum Gasteiger partial charge on any atom is 0.294 e. The van der Waals surface area contributed by atoms with E-state index >= 15 is 0 Å². The molecular formula is C8H12N2O7. The Balaban J connectivity index is 1.92. The van der Waals surface area contributed by atoms with Crippen molar-refractivity contribution >= 4 is 5.91 Å². The van der Waals surface area contributed by atoms with Crippen molar-refractivity contribution < 1.29 is 29.3 Å². The van der Waals surface area contributed by atoms with Gasteiger partial charge in [0.2, 0.25) is 5.91 Å². The molecule has 2 heterocycles. The van der Waals surface area contributed by atoms with Crippen molar-refractivity contribution in [2.45, 2.75) is 24.4 Å². The van der Waals surface area contributed by atoms with Crippen molar-refractivity contribution in [1.82, 2.24) is 5.32 Å². The Morgan fingerprint density at radius 3 is 2.82 bits per heavy atom. The van der Waals surface area contributed by atoms with Crippen LogP contribution in [0.4, 0.5) is 0 Å². The Bertz CT molecular complexity index is 323. The van der Waals surface area contributed by atoms with E-state index in [0.717, 1.165) is 0 Å². The highest BCUT2D eigenvalue weighted by atomic mass is 17.0. The number of aliphatic hydroxyl groups excluding tert-OH is 1. The fraction of sp³-hybridized carbons (Fsp3) is 0.875. The monoisotopic (exact) mass is 248 g/mol. The van der Waals surface area contributed by atoms with E-state index < -0.39 is 42.0 Å². The molecule has 0 spiro atoms. The first kappa shape index (κ1) is 12.0. The third kappa shape index (κ3) is 2.46. The first-order valence-electron chi connectivity index (χ1n) is 5.06. The van der Waals surface area contributed by atoms with Crippen LogP contribution in [0.2, 0.25) is 0 Å². The Morgan fingerprint density at radius 2 is 2.18 bits per heavy atom. The summed E-state index contributed by atoms with van der Waals surface area (Å²) in [5, 5.41) is 20.4. The number of hydrogen-bond donors (Lipinski definition) is 2. The molecule has 2 fully saturated rings. The predicted octanol–water partition coefficient (Wildman–Crippen LogP) is -2.16. The van der Waals surface area contributed by atoms with E-state index in [2.05, 4.69) is 10.2 Å². The largest absolute Gasteiger partial charge is 0.387 e. The van der Waals surface area contributed by atoms with E-state index in [1.807, 2.05) is 0 Å². The minimum Gasteiger partial charge on any atom is -0.387 e. The van der Waals surface area contributed by atoms with E-state index in [4.69, 9.17) is 14.6 Å². The number of aliphatic hydroxyl groups is 1. The summed E-state index contributed by atoms with van der Waals surface area (Å²) in [5.74, 6) is -0.540. The zero-order valence-electron chi connectivity index (χ0n) is 8.77. The zero-order chi connectivity index (χ0) is 12.4. The number of rotatable bonds is 4. The summed E-state index contributed by atoms with van der Waals surface area (Å²) in [5.41, 5.74) is 0. The van der Waals surface area contributed by atoms with Crippen molar-refractivity contribution in [3.63, 3.8) is 0 Å². The van der Waals surface area contributed by atoms with E-state index in [1.54, 1.807) is 0 Å². The van der Waals surface area contributed by atoms with Crippen LogP contribution in [-0.2, 0) is 19.1 Å². The predicted molar refractivity (Wildman–Crippen MR) is 50.4 cm³/mol. The number of hydrogen-bond acceptors (Lipinski definition) is 7. The maximum atomic E-state index is 11.0. The van der Waals surface area contributed by atoms with Gasteiger partial charge in [-0.3, -0.25) is 4.79 Å². The summed E-state index contributed by atoms with van der Waals surface area (Å²) < 4.78 is 10.6. The highest BCUT2D eigenvalue weighted by molar-refractivity contribution is 5.77. The van der Waals surface area contributed by atoms with Gasteiger partial charge >= 0.3 is 0 Å². The second-order valence-corrected chi connectivity index (χ2v) is 3.80. The Hall–Kier alpha value is -1.45. The molecule has 2 saturated heterocycles. The second-order valence-electron chi connectivity index (χ2n) is 3.80. The lowest BCUT2D eigenvalue weighted by atomic mass is 10.1. The van der Waals surface area contributed by atoms with Gasteiger partial charge in [0.05, 0.1) is 19.3 Å². The lowest BCUT2D eigenvalue weighted by molar-refractivity contribution is -0.769. The quantitative estimate of drug-likeness (QED) is 0.429. The molecular weight excluding hydrogens is 236 g/mol. The van der Waals surface area contributed by atoms with Gasteiger partial charge in [-0.2, -0.15) is 0 Å². The van der Waals surface area contributed by atoms with Gasteiger partial charge in [-0.15, -0.1) is 10.1 Å². The van der Waals surface area contributed by atoms with Crippen LogP contribution in [0.15, 0.2) is 0 Å². The normalized spacial score (nSPS) is 35.4. The number of carbonyl (C=O) groups is 1. The SMILES string of the molecule is O=C(CO)N[C@H]1CO[C@@H]2C(O[N+](=O)[O-])CO[C@H]12. The molecule has 2 aliphatic heterocycles. The fourth-order valence-electron chi connectivity index (χ4n) is 2.04. The molecule has 2 aliphatic rings. The van der Waals surface area contributed by atoms with Gasteiger partial charge in [-0.1, -0.05) is 0 Å². The first-order valence-corrected chi connectivity index (χ1v) is 5.06. The summed E-state index contributed by atoms with van der Waals surface area (Å²) in [7, 11) is 0. The molecule has 0 saturated carbocycles. The van der Waals surface area contributed by atoms with Gasteiger partial charge in [0, 0.05) is 0 Å². The molecule has 1 amide bonds. The Kier molecular flexibility index (Phi) is 3.41. The van der Waals surface area contributed by atoms with Gasteiger partial charge in [-0.25, -0.2) is 0 Å². The van der Waals surface area contributed by atoms with Crippen molar-refractivity contribution in [2.75, 3.05) is 19.8 Å². The van der Waals surface area contributed by atoms with Crippen molar-refractivity contribution in [3.05, 3.63) is 10.1 Å². The number of fused-ring (bicyclic) bond motifs is 1. The highest BCUT2D eigenvalue weighted by Gasteiger charge is 2.49. The molecule has 17 heavy (non-hydrogen) atoms.